The van der Waals surface area contributed by atoms with Crippen LogP contribution in [-0.2, 0) is 21.3 Å². The Bertz CT molecular complexity index is 1210. The van der Waals surface area contributed by atoms with E-state index in [1.54, 1.807) is 6.07 Å². The van der Waals surface area contributed by atoms with Gasteiger partial charge in [0, 0.05) is 42.7 Å². The van der Waals surface area contributed by atoms with E-state index in [1.807, 2.05) is 52.8 Å². The third kappa shape index (κ3) is 6.84. The molecule has 0 unspecified atom stereocenters. The van der Waals surface area contributed by atoms with Crippen molar-refractivity contribution in [3.8, 4) is 11.3 Å². The second-order valence-corrected chi connectivity index (χ2v) is 13.5. The first-order valence-electron chi connectivity index (χ1n) is 13.7. The standard InChI is InChI=1S/C29H43N3O4S/c1-20-17-23(11-12-27(20)37(34,35)31-29(3,4)5)26-18-25(28(33)30-24-13-15-36-16-14-24)21(2)32(26)19-22-9-7-6-8-10-22/h11-12,17-18,22,24,31H,6-10,13-16,19H2,1-5H3,(H,30,33). The molecule has 1 aliphatic heterocycles. The summed E-state index contributed by atoms with van der Waals surface area (Å²) < 4.78 is 36.5. The molecule has 2 fully saturated rings. The smallest absolute Gasteiger partial charge is 0.253 e. The Morgan fingerprint density at radius 3 is 2.32 bits per heavy atom. The summed E-state index contributed by atoms with van der Waals surface area (Å²) in [4.78, 5) is 13.6. The molecule has 1 aromatic heterocycles. The van der Waals surface area contributed by atoms with Crippen LogP contribution in [0.2, 0.25) is 0 Å². The van der Waals surface area contributed by atoms with Gasteiger partial charge in [0.05, 0.1) is 10.5 Å². The monoisotopic (exact) mass is 529 g/mol. The SMILES string of the molecule is Cc1cc(-c2cc(C(=O)NC3CCOCC3)c(C)n2CC2CCCCC2)ccc1S(=O)(=O)NC(C)(C)C. The summed E-state index contributed by atoms with van der Waals surface area (Å²) in [5.74, 6) is 0.542. The van der Waals surface area contributed by atoms with E-state index in [0.717, 1.165) is 36.3 Å². The third-order valence-corrected chi connectivity index (χ3v) is 9.45. The molecule has 2 N–H and O–H groups in total. The van der Waals surface area contributed by atoms with Crippen LogP contribution in [0.3, 0.4) is 0 Å². The van der Waals surface area contributed by atoms with Gasteiger partial charge in [0.25, 0.3) is 5.91 Å². The van der Waals surface area contributed by atoms with Crippen LogP contribution >= 0.6 is 0 Å². The van der Waals surface area contributed by atoms with Crippen LogP contribution in [0.1, 0.15) is 87.3 Å². The number of aromatic nitrogens is 1. The van der Waals surface area contributed by atoms with Crippen molar-refractivity contribution in [2.45, 2.75) is 103 Å². The Hall–Kier alpha value is -2.16. The number of amides is 1. The molecule has 204 valence electrons. The summed E-state index contributed by atoms with van der Waals surface area (Å²) in [7, 11) is -3.64. The van der Waals surface area contributed by atoms with Crippen LogP contribution in [0.5, 0.6) is 0 Å². The lowest BCUT2D eigenvalue weighted by Gasteiger charge is -2.25. The van der Waals surface area contributed by atoms with Crippen molar-refractivity contribution in [3.63, 3.8) is 0 Å². The largest absolute Gasteiger partial charge is 0.381 e. The van der Waals surface area contributed by atoms with Crippen molar-refractivity contribution in [1.82, 2.24) is 14.6 Å². The van der Waals surface area contributed by atoms with E-state index in [2.05, 4.69) is 14.6 Å². The number of sulfonamides is 1. The summed E-state index contributed by atoms with van der Waals surface area (Å²) in [5, 5.41) is 3.21. The number of carbonyl (C=O) groups excluding carboxylic acids is 1. The molecular weight excluding hydrogens is 486 g/mol. The minimum absolute atomic E-state index is 0.0432. The number of benzene rings is 1. The van der Waals surface area contributed by atoms with Crippen molar-refractivity contribution in [2.24, 2.45) is 5.92 Å². The summed E-state index contributed by atoms with van der Waals surface area (Å²) in [6.07, 6.45) is 7.87. The van der Waals surface area contributed by atoms with Gasteiger partial charge in [-0.15, -0.1) is 0 Å². The molecule has 4 rings (SSSR count). The van der Waals surface area contributed by atoms with Crippen molar-refractivity contribution in [1.29, 1.82) is 0 Å². The molecule has 0 bridgehead atoms. The molecule has 0 spiro atoms. The van der Waals surface area contributed by atoms with Gasteiger partial charge < -0.3 is 14.6 Å². The van der Waals surface area contributed by atoms with E-state index in [1.165, 1.54) is 32.1 Å². The van der Waals surface area contributed by atoms with E-state index in [0.29, 0.717) is 30.3 Å². The predicted octanol–water partition coefficient (Wildman–Crippen LogP) is 5.34. The topological polar surface area (TPSA) is 89.4 Å². The van der Waals surface area contributed by atoms with Crippen LogP contribution in [0.4, 0.5) is 0 Å². The number of nitrogens with zero attached hydrogens (tertiary/aromatic N) is 1. The second-order valence-electron chi connectivity index (χ2n) is 11.8. The van der Waals surface area contributed by atoms with Crippen LogP contribution in [0.25, 0.3) is 11.3 Å². The molecule has 1 amide bonds. The molecule has 2 heterocycles. The normalized spacial score (nSPS) is 18.2. The fourth-order valence-electron chi connectivity index (χ4n) is 5.65. The zero-order valence-electron chi connectivity index (χ0n) is 23.0. The Labute approximate surface area is 222 Å². The summed E-state index contributed by atoms with van der Waals surface area (Å²) in [5.41, 5.74) is 3.68. The van der Waals surface area contributed by atoms with E-state index < -0.39 is 15.6 Å². The van der Waals surface area contributed by atoms with E-state index >= 15 is 0 Å². The number of aryl methyl sites for hydroxylation is 1. The number of nitrogens with one attached hydrogen (secondary N) is 2. The van der Waals surface area contributed by atoms with Crippen LogP contribution in [0.15, 0.2) is 29.2 Å². The highest BCUT2D eigenvalue weighted by atomic mass is 32.2. The van der Waals surface area contributed by atoms with Crippen molar-refractivity contribution >= 4 is 15.9 Å². The Kier molecular flexibility index (Phi) is 8.51. The fraction of sp³-hybridized carbons (Fsp3) is 0.621. The Balaban J connectivity index is 1.69. The second kappa shape index (κ2) is 11.3. The predicted molar refractivity (Wildman–Crippen MR) is 147 cm³/mol. The first-order chi connectivity index (χ1) is 17.4. The average Bonchev–Trinajstić information content (AvgIpc) is 3.14. The van der Waals surface area contributed by atoms with Gasteiger partial charge in [0.2, 0.25) is 10.0 Å². The lowest BCUT2D eigenvalue weighted by atomic mass is 9.89. The molecule has 2 aromatic rings. The van der Waals surface area contributed by atoms with E-state index in [-0.39, 0.29) is 16.8 Å². The minimum atomic E-state index is -3.64. The lowest BCUT2D eigenvalue weighted by Crippen LogP contribution is -2.40. The third-order valence-electron chi connectivity index (χ3n) is 7.53. The maximum atomic E-state index is 13.4. The molecule has 8 heteroatoms. The quantitative estimate of drug-likeness (QED) is 0.507. The number of carbonyl (C=O) groups is 1. The average molecular weight is 530 g/mol. The van der Waals surface area contributed by atoms with Crippen molar-refractivity contribution < 1.29 is 17.9 Å². The number of rotatable bonds is 7. The lowest BCUT2D eigenvalue weighted by molar-refractivity contribution is 0.0696. The van der Waals surface area contributed by atoms with E-state index in [9.17, 15) is 13.2 Å². The maximum absolute atomic E-state index is 13.4. The number of ether oxygens (including phenoxy) is 1. The van der Waals surface area contributed by atoms with Gasteiger partial charge in [0.15, 0.2) is 0 Å². The molecule has 0 radical (unpaired) electrons. The van der Waals surface area contributed by atoms with Crippen LogP contribution < -0.4 is 10.0 Å². The Morgan fingerprint density at radius 2 is 1.70 bits per heavy atom. The molecule has 2 aliphatic rings. The van der Waals surface area contributed by atoms with Gasteiger partial charge >= 0.3 is 0 Å². The van der Waals surface area contributed by atoms with Crippen molar-refractivity contribution in [2.75, 3.05) is 13.2 Å². The summed E-state index contributed by atoms with van der Waals surface area (Å²) in [6, 6.07) is 7.62. The molecule has 1 saturated heterocycles. The van der Waals surface area contributed by atoms with Gasteiger partial charge in [0.1, 0.15) is 0 Å². The zero-order valence-corrected chi connectivity index (χ0v) is 23.8. The van der Waals surface area contributed by atoms with Gasteiger partial charge in [-0.05, 0) is 95.5 Å². The van der Waals surface area contributed by atoms with Crippen molar-refractivity contribution in [3.05, 3.63) is 41.1 Å². The fourth-order valence-corrected chi connectivity index (χ4v) is 7.30. The Morgan fingerprint density at radius 1 is 1.03 bits per heavy atom. The highest BCUT2D eigenvalue weighted by Gasteiger charge is 2.26. The number of hydrogen-bond donors (Lipinski definition) is 2. The summed E-state index contributed by atoms with van der Waals surface area (Å²) in [6.45, 7) is 11.6. The first kappa shape index (κ1) is 27.9. The maximum Gasteiger partial charge on any atom is 0.253 e. The molecule has 1 aromatic carbocycles. The zero-order chi connectivity index (χ0) is 26.8. The molecule has 7 nitrogen and oxygen atoms in total. The summed E-state index contributed by atoms with van der Waals surface area (Å²) >= 11 is 0. The van der Waals surface area contributed by atoms with Gasteiger partial charge in [-0.25, -0.2) is 13.1 Å². The van der Waals surface area contributed by atoms with Crippen LogP contribution in [-0.4, -0.2) is 43.7 Å². The molecule has 37 heavy (non-hydrogen) atoms. The highest BCUT2D eigenvalue weighted by molar-refractivity contribution is 7.89. The van der Waals surface area contributed by atoms with Gasteiger partial charge in [-0.3, -0.25) is 4.79 Å². The minimum Gasteiger partial charge on any atom is -0.381 e. The first-order valence-corrected chi connectivity index (χ1v) is 15.2. The van der Waals surface area contributed by atoms with Gasteiger partial charge in [-0.2, -0.15) is 0 Å². The van der Waals surface area contributed by atoms with E-state index in [4.69, 9.17) is 4.74 Å². The molecule has 1 aliphatic carbocycles. The highest BCUT2D eigenvalue weighted by Crippen LogP contribution is 2.33. The van der Waals surface area contributed by atoms with Gasteiger partial charge in [-0.1, -0.05) is 25.3 Å². The molecule has 0 atom stereocenters. The molecular formula is C29H43N3O4S. The molecule has 1 saturated carbocycles. The number of hydrogen-bond acceptors (Lipinski definition) is 4. The van der Waals surface area contributed by atoms with Crippen LogP contribution in [0, 0.1) is 19.8 Å².